The van der Waals surface area contributed by atoms with Gasteiger partial charge >= 0.3 is 0 Å². The van der Waals surface area contributed by atoms with Crippen LogP contribution in [0.15, 0.2) is 42.5 Å². The van der Waals surface area contributed by atoms with E-state index in [2.05, 4.69) is 11.8 Å². The van der Waals surface area contributed by atoms with Gasteiger partial charge in [0.1, 0.15) is 17.0 Å². The number of halogens is 1. The number of likely N-dealkylation sites (N-methyl/N-ethyl adjacent to an activating group) is 1. The second-order valence-corrected chi connectivity index (χ2v) is 8.88. The van der Waals surface area contributed by atoms with Crippen molar-refractivity contribution in [1.82, 2.24) is 9.88 Å². The Bertz CT molecular complexity index is 1010. The van der Waals surface area contributed by atoms with Gasteiger partial charge in [0.25, 0.3) is 5.91 Å². The normalized spacial score (nSPS) is 10.8. The van der Waals surface area contributed by atoms with E-state index >= 15 is 0 Å². The maximum atomic E-state index is 13.5. The van der Waals surface area contributed by atoms with Crippen LogP contribution in [0, 0.1) is 0 Å². The number of rotatable bonds is 12. The average molecular weight is 492 g/mol. The van der Waals surface area contributed by atoms with Crippen LogP contribution in [0.5, 0.6) is 11.5 Å². The van der Waals surface area contributed by atoms with Gasteiger partial charge < -0.3 is 14.4 Å². The molecule has 0 bridgehead atoms. The number of unbranched alkanes of at least 4 members (excludes halogenated alkanes) is 2. The molecule has 0 unspecified atom stereocenters. The standard InChI is InChI=1S/C25H33N3O3S.ClH/c1-5-7-8-18-31-20-14-12-19(13-15-20)24(29)28(17-16-27(3)4)25-26-23-21(30-6-2)10-9-11-22(23)32-25;/h9-15H,5-8,16-18H2,1-4H3;1H. The molecule has 1 amide bonds. The highest BCUT2D eigenvalue weighted by molar-refractivity contribution is 7.22. The van der Waals surface area contributed by atoms with Crippen LogP contribution < -0.4 is 14.4 Å². The predicted molar refractivity (Wildman–Crippen MR) is 140 cm³/mol. The Hall–Kier alpha value is -2.35. The topological polar surface area (TPSA) is 54.9 Å². The summed E-state index contributed by atoms with van der Waals surface area (Å²) in [7, 11) is 4.00. The van der Waals surface area contributed by atoms with E-state index in [4.69, 9.17) is 14.5 Å². The van der Waals surface area contributed by atoms with E-state index in [1.165, 1.54) is 11.3 Å². The Labute approximate surface area is 206 Å². The average Bonchev–Trinajstić information content (AvgIpc) is 3.22. The number of carbonyl (C=O) groups is 1. The van der Waals surface area contributed by atoms with Crippen molar-refractivity contribution in [2.75, 3.05) is 45.3 Å². The van der Waals surface area contributed by atoms with Crippen molar-refractivity contribution in [2.45, 2.75) is 33.1 Å². The first-order chi connectivity index (χ1) is 15.5. The Morgan fingerprint density at radius 2 is 1.76 bits per heavy atom. The number of hydrogen-bond donors (Lipinski definition) is 0. The lowest BCUT2D eigenvalue weighted by Gasteiger charge is -2.22. The van der Waals surface area contributed by atoms with E-state index in [-0.39, 0.29) is 18.3 Å². The van der Waals surface area contributed by atoms with Crippen molar-refractivity contribution < 1.29 is 14.3 Å². The van der Waals surface area contributed by atoms with Crippen LogP contribution in [-0.2, 0) is 0 Å². The summed E-state index contributed by atoms with van der Waals surface area (Å²) >= 11 is 1.51. The number of thiazole rings is 1. The minimum absolute atomic E-state index is 0. The SMILES string of the molecule is CCCCCOc1ccc(C(=O)N(CCN(C)C)c2nc3c(OCC)cccc3s2)cc1.Cl. The van der Waals surface area contributed by atoms with Crippen LogP contribution in [0.25, 0.3) is 10.2 Å². The lowest BCUT2D eigenvalue weighted by Crippen LogP contribution is -2.36. The fourth-order valence-corrected chi connectivity index (χ4v) is 4.28. The number of benzene rings is 2. The van der Waals surface area contributed by atoms with Crippen LogP contribution in [-0.4, -0.2) is 56.2 Å². The van der Waals surface area contributed by atoms with E-state index < -0.39 is 0 Å². The number of anilines is 1. The Balaban J connectivity index is 0.00000385. The summed E-state index contributed by atoms with van der Waals surface area (Å²) in [5.41, 5.74) is 1.42. The molecule has 33 heavy (non-hydrogen) atoms. The number of carbonyl (C=O) groups excluding carboxylic acids is 1. The molecule has 2 aromatic carbocycles. The molecule has 0 fully saturated rings. The third-order valence-electron chi connectivity index (χ3n) is 5.04. The molecule has 0 spiro atoms. The van der Waals surface area contributed by atoms with Crippen LogP contribution in [0.3, 0.4) is 0 Å². The van der Waals surface area contributed by atoms with Crippen LogP contribution in [0.4, 0.5) is 5.13 Å². The Morgan fingerprint density at radius 1 is 1.00 bits per heavy atom. The molecule has 0 atom stereocenters. The third kappa shape index (κ3) is 7.32. The van der Waals surface area contributed by atoms with Gasteiger partial charge in [-0.3, -0.25) is 9.69 Å². The lowest BCUT2D eigenvalue weighted by atomic mass is 10.2. The first-order valence-electron chi connectivity index (χ1n) is 11.2. The second kappa shape index (κ2) is 13.4. The predicted octanol–water partition coefficient (Wildman–Crippen LogP) is 5.89. The van der Waals surface area contributed by atoms with E-state index in [0.717, 1.165) is 47.5 Å². The van der Waals surface area contributed by atoms with Crippen molar-refractivity contribution in [3.05, 3.63) is 48.0 Å². The summed E-state index contributed by atoms with van der Waals surface area (Å²) in [6, 6.07) is 13.3. The van der Waals surface area contributed by atoms with Crippen molar-refractivity contribution >= 4 is 45.0 Å². The first-order valence-corrected chi connectivity index (χ1v) is 12.1. The van der Waals surface area contributed by atoms with Crippen molar-refractivity contribution in [2.24, 2.45) is 0 Å². The van der Waals surface area contributed by atoms with Crippen LogP contribution in [0.1, 0.15) is 43.5 Å². The quantitative estimate of drug-likeness (QED) is 0.295. The summed E-state index contributed by atoms with van der Waals surface area (Å²) < 4.78 is 12.5. The van der Waals surface area contributed by atoms with Crippen molar-refractivity contribution in [3.63, 3.8) is 0 Å². The molecule has 8 heteroatoms. The number of amides is 1. The monoisotopic (exact) mass is 491 g/mol. The lowest BCUT2D eigenvalue weighted by molar-refractivity contribution is 0.0985. The fourth-order valence-electron chi connectivity index (χ4n) is 3.27. The molecule has 0 saturated carbocycles. The molecular weight excluding hydrogens is 458 g/mol. The van der Waals surface area contributed by atoms with E-state index in [9.17, 15) is 4.79 Å². The number of fused-ring (bicyclic) bond motifs is 1. The van der Waals surface area contributed by atoms with Gasteiger partial charge in [0, 0.05) is 18.7 Å². The molecule has 180 valence electrons. The van der Waals surface area contributed by atoms with Crippen molar-refractivity contribution in [1.29, 1.82) is 0 Å². The number of nitrogens with zero attached hydrogens (tertiary/aromatic N) is 3. The molecule has 0 saturated heterocycles. The molecule has 1 aromatic heterocycles. The molecule has 0 N–H and O–H groups in total. The fraction of sp³-hybridized carbons (Fsp3) is 0.440. The molecule has 3 rings (SSSR count). The van der Waals surface area contributed by atoms with Gasteiger partial charge in [-0.15, -0.1) is 12.4 Å². The van der Waals surface area contributed by atoms with Gasteiger partial charge in [0.05, 0.1) is 17.9 Å². The first kappa shape index (κ1) is 26.9. The van der Waals surface area contributed by atoms with Gasteiger partial charge in [-0.2, -0.15) is 0 Å². The van der Waals surface area contributed by atoms with Gasteiger partial charge in [-0.1, -0.05) is 37.2 Å². The molecule has 0 aliphatic carbocycles. The number of ether oxygens (including phenoxy) is 2. The maximum Gasteiger partial charge on any atom is 0.260 e. The van der Waals surface area contributed by atoms with E-state index in [0.29, 0.717) is 30.5 Å². The highest BCUT2D eigenvalue weighted by Gasteiger charge is 2.22. The number of hydrogen-bond acceptors (Lipinski definition) is 6. The van der Waals surface area contributed by atoms with E-state index in [1.807, 2.05) is 63.5 Å². The van der Waals surface area contributed by atoms with Gasteiger partial charge in [-0.05, 0) is 63.8 Å². The highest BCUT2D eigenvalue weighted by Crippen LogP contribution is 2.34. The molecule has 0 radical (unpaired) electrons. The molecule has 0 aliphatic heterocycles. The minimum atomic E-state index is -0.0681. The zero-order valence-electron chi connectivity index (χ0n) is 19.9. The molecule has 6 nitrogen and oxygen atoms in total. The van der Waals surface area contributed by atoms with Crippen LogP contribution >= 0.6 is 23.7 Å². The highest BCUT2D eigenvalue weighted by atomic mass is 35.5. The summed E-state index contributed by atoms with van der Waals surface area (Å²) in [5.74, 6) is 1.47. The zero-order chi connectivity index (χ0) is 22.9. The smallest absolute Gasteiger partial charge is 0.260 e. The molecule has 3 aromatic rings. The van der Waals surface area contributed by atoms with E-state index in [1.54, 1.807) is 4.90 Å². The Kier molecular flexibility index (Phi) is 10.9. The third-order valence-corrected chi connectivity index (χ3v) is 6.08. The maximum absolute atomic E-state index is 13.5. The zero-order valence-corrected chi connectivity index (χ0v) is 21.5. The van der Waals surface area contributed by atoms with Crippen LogP contribution in [0.2, 0.25) is 0 Å². The summed E-state index contributed by atoms with van der Waals surface area (Å²) in [5, 5.41) is 0.680. The summed E-state index contributed by atoms with van der Waals surface area (Å²) in [4.78, 5) is 22.1. The minimum Gasteiger partial charge on any atom is -0.494 e. The molecular formula is C25H34ClN3O3S. The molecule has 0 aliphatic rings. The van der Waals surface area contributed by atoms with Gasteiger partial charge in [0.15, 0.2) is 5.13 Å². The van der Waals surface area contributed by atoms with Crippen molar-refractivity contribution in [3.8, 4) is 11.5 Å². The summed E-state index contributed by atoms with van der Waals surface area (Å²) in [6.45, 7) is 6.68. The summed E-state index contributed by atoms with van der Waals surface area (Å²) in [6.07, 6.45) is 3.36. The van der Waals surface area contributed by atoms with Gasteiger partial charge in [0.2, 0.25) is 0 Å². The number of para-hydroxylation sites is 1. The second-order valence-electron chi connectivity index (χ2n) is 7.87. The molecule has 1 heterocycles. The Morgan fingerprint density at radius 3 is 2.42 bits per heavy atom. The van der Waals surface area contributed by atoms with Gasteiger partial charge in [-0.25, -0.2) is 4.98 Å². The largest absolute Gasteiger partial charge is 0.494 e. The number of aromatic nitrogens is 1.